The summed E-state index contributed by atoms with van der Waals surface area (Å²) in [7, 11) is -4.21. The summed E-state index contributed by atoms with van der Waals surface area (Å²) in [6.45, 7) is 1.70. The smallest absolute Gasteiger partial charge is 0.321 e. The molecule has 0 saturated heterocycles. The quantitative estimate of drug-likeness (QED) is 0.684. The molecule has 0 spiro atoms. The normalized spacial score (nSPS) is 11.7. The van der Waals surface area contributed by atoms with E-state index in [0.717, 1.165) is 0 Å². The summed E-state index contributed by atoms with van der Waals surface area (Å²) in [6.07, 6.45) is 0. The van der Waals surface area contributed by atoms with Crippen LogP contribution in [0.4, 0.5) is 0 Å². The largest absolute Gasteiger partial charge is 0.357 e. The molecular weight excluding hydrogens is 199 g/mol. The van der Waals surface area contributed by atoms with Crippen molar-refractivity contribution < 1.29 is 14.4 Å². The molecule has 0 bridgehead atoms. The maximum Gasteiger partial charge on any atom is 0.357 e. The van der Waals surface area contributed by atoms with Gasteiger partial charge in [0.05, 0.1) is 10.3 Å². The van der Waals surface area contributed by atoms with Crippen molar-refractivity contribution in [3.05, 3.63) is 28.8 Å². The first-order valence-electron chi connectivity index (χ1n) is 3.24. The Hall–Kier alpha value is -0.340. The van der Waals surface area contributed by atoms with Crippen molar-refractivity contribution in [1.82, 2.24) is 0 Å². The lowest BCUT2D eigenvalue weighted by molar-refractivity contribution is 0.387. The van der Waals surface area contributed by atoms with Crippen molar-refractivity contribution in [1.29, 1.82) is 0 Å². The predicted molar refractivity (Wildman–Crippen MR) is 47.9 cm³/mol. The SMILES string of the molecule is Cc1cccc(P(=O)(O)O)c1Cl. The highest BCUT2D eigenvalue weighted by atomic mass is 35.5. The molecule has 1 rings (SSSR count). The number of aryl methyl sites for hydroxylation is 1. The first kappa shape index (κ1) is 9.75. The third-order valence-electron chi connectivity index (χ3n) is 1.49. The fourth-order valence-electron chi connectivity index (χ4n) is 0.857. The molecule has 0 aliphatic heterocycles. The van der Waals surface area contributed by atoms with Gasteiger partial charge in [-0.3, -0.25) is 4.57 Å². The van der Waals surface area contributed by atoms with Gasteiger partial charge in [0.1, 0.15) is 0 Å². The molecule has 1 aromatic carbocycles. The first-order valence-corrected chi connectivity index (χ1v) is 5.23. The molecule has 0 heterocycles. The van der Waals surface area contributed by atoms with E-state index in [9.17, 15) is 4.57 Å². The van der Waals surface area contributed by atoms with E-state index in [-0.39, 0.29) is 10.3 Å². The third kappa shape index (κ3) is 1.87. The molecule has 0 aliphatic rings. The van der Waals surface area contributed by atoms with E-state index in [0.29, 0.717) is 5.56 Å². The van der Waals surface area contributed by atoms with Crippen LogP contribution in [0.2, 0.25) is 5.02 Å². The number of halogens is 1. The third-order valence-corrected chi connectivity index (χ3v) is 3.12. The van der Waals surface area contributed by atoms with Gasteiger partial charge < -0.3 is 9.79 Å². The maximum absolute atomic E-state index is 10.8. The zero-order valence-electron chi connectivity index (χ0n) is 6.36. The van der Waals surface area contributed by atoms with Crippen molar-refractivity contribution >= 4 is 24.5 Å². The van der Waals surface area contributed by atoms with Gasteiger partial charge in [0.2, 0.25) is 0 Å². The molecule has 0 amide bonds. The average molecular weight is 207 g/mol. The summed E-state index contributed by atoms with van der Waals surface area (Å²) in [5.74, 6) is 0. The number of hydrogen-bond acceptors (Lipinski definition) is 1. The van der Waals surface area contributed by atoms with Gasteiger partial charge in [0.25, 0.3) is 0 Å². The zero-order valence-corrected chi connectivity index (χ0v) is 8.01. The van der Waals surface area contributed by atoms with Crippen molar-refractivity contribution in [3.8, 4) is 0 Å². The minimum atomic E-state index is -4.21. The minimum absolute atomic E-state index is 0.107. The molecule has 2 N–H and O–H groups in total. The van der Waals surface area contributed by atoms with Crippen molar-refractivity contribution in [2.24, 2.45) is 0 Å². The van der Waals surface area contributed by atoms with E-state index in [1.54, 1.807) is 19.1 Å². The van der Waals surface area contributed by atoms with Gasteiger partial charge in [-0.05, 0) is 18.6 Å². The molecule has 0 unspecified atom stereocenters. The highest BCUT2D eigenvalue weighted by molar-refractivity contribution is 7.60. The second-order valence-corrected chi connectivity index (χ2v) is 4.40. The van der Waals surface area contributed by atoms with Gasteiger partial charge in [-0.15, -0.1) is 0 Å². The summed E-state index contributed by atoms with van der Waals surface area (Å²) >= 11 is 5.69. The predicted octanol–water partition coefficient (Wildman–Crippen LogP) is 1.45. The van der Waals surface area contributed by atoms with Gasteiger partial charge in [-0.2, -0.15) is 0 Å². The summed E-state index contributed by atoms with van der Waals surface area (Å²) in [5, 5.41) is 0.0370. The highest BCUT2D eigenvalue weighted by Gasteiger charge is 2.20. The summed E-state index contributed by atoms with van der Waals surface area (Å²) in [5.41, 5.74) is 0.664. The molecule has 5 heteroatoms. The standard InChI is InChI=1S/C7H8ClO3P/c1-5-3-2-4-6(7(5)8)12(9,10)11/h2-4H,1H3,(H2,9,10,11). The summed E-state index contributed by atoms with van der Waals surface area (Å²) in [4.78, 5) is 17.6. The van der Waals surface area contributed by atoms with Gasteiger partial charge >= 0.3 is 7.60 Å². The second-order valence-electron chi connectivity index (χ2n) is 2.45. The fraction of sp³-hybridized carbons (Fsp3) is 0.143. The number of hydrogen-bond donors (Lipinski definition) is 2. The van der Waals surface area contributed by atoms with Crippen LogP contribution in [0, 0.1) is 6.92 Å². The molecule has 0 aromatic heterocycles. The Bertz CT molecular complexity index is 345. The van der Waals surface area contributed by atoms with Crippen LogP contribution in [0.5, 0.6) is 0 Å². The Morgan fingerprint density at radius 1 is 1.42 bits per heavy atom. The maximum atomic E-state index is 10.8. The number of benzene rings is 1. The van der Waals surface area contributed by atoms with Gasteiger partial charge in [0.15, 0.2) is 0 Å². The Morgan fingerprint density at radius 3 is 2.42 bits per heavy atom. The van der Waals surface area contributed by atoms with E-state index in [4.69, 9.17) is 21.4 Å². The van der Waals surface area contributed by atoms with Crippen LogP contribution < -0.4 is 5.30 Å². The molecule has 0 atom stereocenters. The summed E-state index contributed by atoms with van der Waals surface area (Å²) < 4.78 is 10.8. The Balaban J connectivity index is 3.36. The molecule has 3 nitrogen and oxygen atoms in total. The van der Waals surface area contributed by atoms with Crippen molar-refractivity contribution in [3.63, 3.8) is 0 Å². The van der Waals surface area contributed by atoms with Crippen LogP contribution in [0.15, 0.2) is 18.2 Å². The molecule has 0 saturated carbocycles. The van der Waals surface area contributed by atoms with Crippen LogP contribution in [0.3, 0.4) is 0 Å². The monoisotopic (exact) mass is 206 g/mol. The van der Waals surface area contributed by atoms with Crippen molar-refractivity contribution in [2.45, 2.75) is 6.92 Å². The van der Waals surface area contributed by atoms with Crippen LogP contribution in [-0.4, -0.2) is 9.79 Å². The topological polar surface area (TPSA) is 57.5 Å². The van der Waals surface area contributed by atoms with E-state index < -0.39 is 7.60 Å². The fourth-order valence-corrected chi connectivity index (χ4v) is 2.03. The van der Waals surface area contributed by atoms with E-state index in [1.807, 2.05) is 0 Å². The molecular formula is C7H8ClO3P. The minimum Gasteiger partial charge on any atom is -0.321 e. The molecule has 1 aromatic rings. The van der Waals surface area contributed by atoms with Gasteiger partial charge in [-0.25, -0.2) is 0 Å². The lowest BCUT2D eigenvalue weighted by Gasteiger charge is -2.07. The van der Waals surface area contributed by atoms with E-state index in [2.05, 4.69) is 0 Å². The van der Waals surface area contributed by atoms with Gasteiger partial charge in [-0.1, -0.05) is 23.7 Å². The van der Waals surface area contributed by atoms with Crippen molar-refractivity contribution in [2.75, 3.05) is 0 Å². The highest BCUT2D eigenvalue weighted by Crippen LogP contribution is 2.36. The van der Waals surface area contributed by atoms with Gasteiger partial charge in [0, 0.05) is 0 Å². The number of rotatable bonds is 1. The second kappa shape index (κ2) is 3.19. The lowest BCUT2D eigenvalue weighted by Crippen LogP contribution is -2.06. The summed E-state index contributed by atoms with van der Waals surface area (Å²) in [6, 6.07) is 4.59. The Labute approximate surface area is 75.2 Å². The Kier molecular flexibility index (Phi) is 2.59. The molecule has 0 aliphatic carbocycles. The Morgan fingerprint density at radius 2 is 2.00 bits per heavy atom. The molecule has 0 radical (unpaired) electrons. The van der Waals surface area contributed by atoms with E-state index in [1.165, 1.54) is 6.07 Å². The molecule has 12 heavy (non-hydrogen) atoms. The van der Waals surface area contributed by atoms with Crippen LogP contribution in [-0.2, 0) is 4.57 Å². The molecule has 0 fully saturated rings. The first-order chi connectivity index (χ1) is 5.43. The zero-order chi connectivity index (χ0) is 9.35. The van der Waals surface area contributed by atoms with E-state index >= 15 is 0 Å². The van der Waals surface area contributed by atoms with Crippen LogP contribution >= 0.6 is 19.2 Å². The molecule has 66 valence electrons. The average Bonchev–Trinajstić information content (AvgIpc) is 1.92. The lowest BCUT2D eigenvalue weighted by atomic mass is 10.2. The van der Waals surface area contributed by atoms with Crippen LogP contribution in [0.25, 0.3) is 0 Å². The van der Waals surface area contributed by atoms with Crippen LogP contribution in [0.1, 0.15) is 5.56 Å².